The third-order valence-corrected chi connectivity index (χ3v) is 2.34. The van der Waals surface area contributed by atoms with Crippen LogP contribution in [0.15, 0.2) is 18.2 Å². The minimum atomic E-state index is -4.69. The van der Waals surface area contributed by atoms with Crippen molar-refractivity contribution in [2.24, 2.45) is 5.73 Å². The SMILES string of the molecule is NC(=O)CCc1ccc(OP(=O)(O)O)c(O)c1. The first-order valence-electron chi connectivity index (χ1n) is 4.63. The summed E-state index contributed by atoms with van der Waals surface area (Å²) in [6, 6.07) is 3.95. The van der Waals surface area contributed by atoms with Gasteiger partial charge in [-0.15, -0.1) is 0 Å². The van der Waals surface area contributed by atoms with E-state index < -0.39 is 19.5 Å². The fraction of sp³-hybridized carbons (Fsp3) is 0.222. The smallest absolute Gasteiger partial charge is 0.504 e. The van der Waals surface area contributed by atoms with Crippen LogP contribution in [0.3, 0.4) is 0 Å². The summed E-state index contributed by atoms with van der Waals surface area (Å²) in [5, 5.41) is 9.44. The normalized spacial score (nSPS) is 11.2. The number of primary amides is 1. The van der Waals surface area contributed by atoms with Crippen LogP contribution in [0.2, 0.25) is 0 Å². The summed E-state index contributed by atoms with van der Waals surface area (Å²) in [6.07, 6.45) is 0.456. The summed E-state index contributed by atoms with van der Waals surface area (Å²) in [4.78, 5) is 27.7. The molecule has 0 spiro atoms. The van der Waals surface area contributed by atoms with Gasteiger partial charge in [0, 0.05) is 6.42 Å². The molecule has 1 amide bonds. The number of carbonyl (C=O) groups excluding carboxylic acids is 1. The second-order valence-corrected chi connectivity index (χ2v) is 4.51. The number of phenols is 1. The van der Waals surface area contributed by atoms with Crippen molar-refractivity contribution < 1.29 is 28.8 Å². The minimum absolute atomic E-state index is 0.123. The number of aryl methyl sites for hydroxylation is 1. The van der Waals surface area contributed by atoms with Gasteiger partial charge in [0.1, 0.15) is 0 Å². The van der Waals surface area contributed by atoms with E-state index >= 15 is 0 Å². The quantitative estimate of drug-likeness (QED) is 0.563. The van der Waals surface area contributed by atoms with Gasteiger partial charge in [0.25, 0.3) is 0 Å². The van der Waals surface area contributed by atoms with E-state index in [4.69, 9.17) is 15.5 Å². The molecular weight excluding hydrogens is 249 g/mol. The van der Waals surface area contributed by atoms with E-state index in [9.17, 15) is 14.5 Å². The summed E-state index contributed by atoms with van der Waals surface area (Å²) < 4.78 is 14.8. The lowest BCUT2D eigenvalue weighted by molar-refractivity contribution is -0.117. The average Bonchev–Trinajstić information content (AvgIpc) is 2.17. The maximum absolute atomic E-state index is 10.6. The zero-order valence-corrected chi connectivity index (χ0v) is 9.63. The Bertz CT molecular complexity index is 469. The van der Waals surface area contributed by atoms with Crippen LogP contribution >= 0.6 is 7.82 Å². The average molecular weight is 261 g/mol. The molecule has 1 rings (SSSR count). The van der Waals surface area contributed by atoms with Crippen molar-refractivity contribution in [2.75, 3.05) is 0 Å². The molecule has 94 valence electrons. The van der Waals surface area contributed by atoms with Crippen molar-refractivity contribution in [1.29, 1.82) is 0 Å². The van der Waals surface area contributed by atoms with Crippen molar-refractivity contribution in [3.05, 3.63) is 23.8 Å². The highest BCUT2D eigenvalue weighted by atomic mass is 31.2. The Kier molecular flexibility index (Phi) is 4.11. The Morgan fingerprint density at radius 2 is 2.06 bits per heavy atom. The van der Waals surface area contributed by atoms with Crippen molar-refractivity contribution >= 4 is 13.7 Å². The molecule has 1 aromatic carbocycles. The van der Waals surface area contributed by atoms with Crippen molar-refractivity contribution in [3.8, 4) is 11.5 Å². The second-order valence-electron chi connectivity index (χ2n) is 3.35. The minimum Gasteiger partial charge on any atom is -0.504 e. The molecule has 5 N–H and O–H groups in total. The molecule has 0 heterocycles. The zero-order chi connectivity index (χ0) is 13.1. The number of carbonyl (C=O) groups is 1. The number of phosphoric ester groups is 1. The molecule has 8 heteroatoms. The summed E-state index contributed by atoms with van der Waals surface area (Å²) in [7, 11) is -4.69. The Labute approximate surface area is 97.1 Å². The van der Waals surface area contributed by atoms with E-state index in [2.05, 4.69) is 4.52 Å². The van der Waals surface area contributed by atoms with Gasteiger partial charge in [-0.3, -0.25) is 14.6 Å². The van der Waals surface area contributed by atoms with Crippen LogP contribution in [-0.2, 0) is 15.8 Å². The van der Waals surface area contributed by atoms with Crippen LogP contribution in [0.5, 0.6) is 11.5 Å². The summed E-state index contributed by atoms with van der Waals surface area (Å²) in [5.41, 5.74) is 5.57. The first kappa shape index (κ1) is 13.5. The molecule has 0 fully saturated rings. The number of rotatable bonds is 5. The van der Waals surface area contributed by atoms with Gasteiger partial charge in [-0.25, -0.2) is 4.57 Å². The number of phenolic OH excluding ortho intramolecular Hbond substituents is 1. The third-order valence-electron chi connectivity index (χ3n) is 1.90. The second kappa shape index (κ2) is 5.18. The Morgan fingerprint density at radius 3 is 2.53 bits per heavy atom. The largest absolute Gasteiger partial charge is 0.524 e. The topological polar surface area (TPSA) is 130 Å². The van der Waals surface area contributed by atoms with E-state index in [-0.39, 0.29) is 12.2 Å². The number of phosphoric acid groups is 1. The van der Waals surface area contributed by atoms with Crippen LogP contribution in [0.1, 0.15) is 12.0 Å². The predicted molar refractivity (Wildman–Crippen MR) is 58.3 cm³/mol. The molecule has 0 saturated heterocycles. The molecule has 0 aromatic heterocycles. The van der Waals surface area contributed by atoms with Crippen LogP contribution in [0.4, 0.5) is 0 Å². The maximum atomic E-state index is 10.6. The summed E-state index contributed by atoms with van der Waals surface area (Å²) in [5.74, 6) is -1.20. The lowest BCUT2D eigenvalue weighted by atomic mass is 10.1. The number of benzene rings is 1. The highest BCUT2D eigenvalue weighted by Crippen LogP contribution is 2.41. The number of nitrogens with two attached hydrogens (primary N) is 1. The van der Waals surface area contributed by atoms with Crippen LogP contribution < -0.4 is 10.3 Å². The molecular formula is C9H12NO6P. The van der Waals surface area contributed by atoms with Crippen molar-refractivity contribution in [1.82, 2.24) is 0 Å². The molecule has 7 nitrogen and oxygen atoms in total. The fourth-order valence-electron chi connectivity index (χ4n) is 1.19. The summed E-state index contributed by atoms with van der Waals surface area (Å²) >= 11 is 0. The first-order valence-corrected chi connectivity index (χ1v) is 6.16. The molecule has 0 aliphatic heterocycles. The molecule has 0 bridgehead atoms. The summed E-state index contributed by atoms with van der Waals surface area (Å²) in [6.45, 7) is 0. The number of hydrogen-bond acceptors (Lipinski definition) is 4. The molecule has 0 atom stereocenters. The monoisotopic (exact) mass is 261 g/mol. The lowest BCUT2D eigenvalue weighted by Crippen LogP contribution is -2.11. The van der Waals surface area contributed by atoms with Gasteiger partial charge in [-0.05, 0) is 24.1 Å². The van der Waals surface area contributed by atoms with Gasteiger partial charge in [0.2, 0.25) is 5.91 Å². The Hall–Kier alpha value is -1.56. The molecule has 0 saturated carbocycles. The predicted octanol–water partition coefficient (Wildman–Crippen LogP) is 0.282. The van der Waals surface area contributed by atoms with Gasteiger partial charge >= 0.3 is 7.82 Å². The first-order chi connectivity index (χ1) is 7.78. The van der Waals surface area contributed by atoms with Crippen LogP contribution in [-0.4, -0.2) is 20.8 Å². The van der Waals surface area contributed by atoms with Gasteiger partial charge in [-0.1, -0.05) is 6.07 Å². The van der Waals surface area contributed by atoms with E-state index in [0.29, 0.717) is 12.0 Å². The third kappa shape index (κ3) is 4.86. The van der Waals surface area contributed by atoms with E-state index in [1.807, 2.05) is 0 Å². The van der Waals surface area contributed by atoms with Crippen LogP contribution in [0, 0.1) is 0 Å². The number of hydrogen-bond donors (Lipinski definition) is 4. The lowest BCUT2D eigenvalue weighted by Gasteiger charge is -2.09. The maximum Gasteiger partial charge on any atom is 0.524 e. The molecule has 1 aromatic rings. The molecule has 0 aliphatic rings. The number of aromatic hydroxyl groups is 1. The fourth-order valence-corrected chi connectivity index (χ4v) is 1.60. The highest BCUT2D eigenvalue weighted by Gasteiger charge is 2.18. The van der Waals surface area contributed by atoms with Crippen molar-refractivity contribution in [2.45, 2.75) is 12.8 Å². The van der Waals surface area contributed by atoms with Gasteiger partial charge in [0.15, 0.2) is 11.5 Å². The van der Waals surface area contributed by atoms with E-state index in [1.54, 1.807) is 0 Å². The molecule has 0 radical (unpaired) electrons. The molecule has 0 aliphatic carbocycles. The Morgan fingerprint density at radius 1 is 1.41 bits per heavy atom. The zero-order valence-electron chi connectivity index (χ0n) is 8.74. The number of amides is 1. The highest BCUT2D eigenvalue weighted by molar-refractivity contribution is 7.46. The Balaban J connectivity index is 2.79. The van der Waals surface area contributed by atoms with E-state index in [0.717, 1.165) is 0 Å². The van der Waals surface area contributed by atoms with Crippen molar-refractivity contribution in [3.63, 3.8) is 0 Å². The van der Waals surface area contributed by atoms with Gasteiger partial charge in [0.05, 0.1) is 0 Å². The molecule has 17 heavy (non-hydrogen) atoms. The van der Waals surface area contributed by atoms with E-state index in [1.165, 1.54) is 18.2 Å². The van der Waals surface area contributed by atoms with Gasteiger partial charge < -0.3 is 15.4 Å². The standard InChI is InChI=1S/C9H12NO6P/c10-9(12)4-2-6-1-3-8(7(11)5-6)16-17(13,14)15/h1,3,5,11H,2,4H2,(H2,10,12)(H2,13,14,15). The molecule has 0 unspecified atom stereocenters. The van der Waals surface area contributed by atoms with Crippen LogP contribution in [0.25, 0.3) is 0 Å². The van der Waals surface area contributed by atoms with Gasteiger partial charge in [-0.2, -0.15) is 0 Å².